The first-order chi connectivity index (χ1) is 10.2. The highest BCUT2D eigenvalue weighted by Gasteiger charge is 2.14. The van der Waals surface area contributed by atoms with Crippen LogP contribution in [-0.2, 0) is 0 Å². The lowest BCUT2D eigenvalue weighted by Gasteiger charge is -2.03. The predicted octanol–water partition coefficient (Wildman–Crippen LogP) is 2.83. The van der Waals surface area contributed by atoms with Crippen molar-refractivity contribution in [2.24, 2.45) is 0 Å². The van der Waals surface area contributed by atoms with E-state index in [-0.39, 0.29) is 5.69 Å². The smallest absolute Gasteiger partial charge is 0.276 e. The average molecular weight is 280 g/mol. The number of nitrogens with one attached hydrogen (secondary N) is 2. The molecule has 0 bridgehead atoms. The molecule has 3 rings (SSSR count). The molecule has 2 aromatic carbocycles. The fraction of sp³-hybridized carbons (Fsp3) is 0. The van der Waals surface area contributed by atoms with Gasteiger partial charge in [0.25, 0.3) is 5.91 Å². The summed E-state index contributed by atoms with van der Waals surface area (Å²) in [6.45, 7) is 0. The van der Waals surface area contributed by atoms with Crippen LogP contribution in [0.1, 0.15) is 16.1 Å². The number of benzene rings is 2. The summed E-state index contributed by atoms with van der Waals surface area (Å²) < 4.78 is 13.3. The highest BCUT2D eigenvalue weighted by atomic mass is 19.1. The van der Waals surface area contributed by atoms with Gasteiger partial charge < -0.3 is 5.32 Å². The standard InChI is InChI=1S/C15H9FN4O/c16-10-3-6-13-12(7-10)14(20-19-13)15(21)18-11-4-1-9(8-17)2-5-11/h1-7H,(H,18,21)(H,19,20). The summed E-state index contributed by atoms with van der Waals surface area (Å²) >= 11 is 0. The molecule has 1 amide bonds. The second-order valence-corrected chi connectivity index (χ2v) is 4.41. The van der Waals surface area contributed by atoms with Crippen LogP contribution in [0.2, 0.25) is 0 Å². The van der Waals surface area contributed by atoms with Gasteiger partial charge in [-0.3, -0.25) is 9.89 Å². The number of aromatic amines is 1. The second-order valence-electron chi connectivity index (χ2n) is 4.41. The summed E-state index contributed by atoms with van der Waals surface area (Å²) in [6, 6.07) is 12.5. The monoisotopic (exact) mass is 280 g/mol. The Bertz CT molecular complexity index is 862. The minimum absolute atomic E-state index is 0.119. The molecule has 3 aromatic rings. The van der Waals surface area contributed by atoms with E-state index < -0.39 is 11.7 Å². The molecule has 6 heteroatoms. The van der Waals surface area contributed by atoms with Gasteiger partial charge in [-0.05, 0) is 42.5 Å². The lowest BCUT2D eigenvalue weighted by molar-refractivity contribution is 0.102. The first-order valence-electron chi connectivity index (χ1n) is 6.12. The quantitative estimate of drug-likeness (QED) is 0.757. The van der Waals surface area contributed by atoms with E-state index in [1.54, 1.807) is 24.3 Å². The van der Waals surface area contributed by atoms with Crippen LogP contribution in [0, 0.1) is 17.1 Å². The first kappa shape index (κ1) is 12.8. The van der Waals surface area contributed by atoms with Crippen molar-refractivity contribution in [1.82, 2.24) is 10.2 Å². The molecule has 0 aliphatic rings. The van der Waals surface area contributed by atoms with Crippen molar-refractivity contribution < 1.29 is 9.18 Å². The average Bonchev–Trinajstić information content (AvgIpc) is 2.91. The van der Waals surface area contributed by atoms with Crippen LogP contribution in [0.5, 0.6) is 0 Å². The van der Waals surface area contributed by atoms with E-state index in [0.29, 0.717) is 22.2 Å². The fourth-order valence-corrected chi connectivity index (χ4v) is 1.98. The predicted molar refractivity (Wildman–Crippen MR) is 75.2 cm³/mol. The Morgan fingerprint density at radius 1 is 1.24 bits per heavy atom. The Labute approximate surface area is 119 Å². The van der Waals surface area contributed by atoms with E-state index in [0.717, 1.165) is 0 Å². The summed E-state index contributed by atoms with van der Waals surface area (Å²) in [5, 5.41) is 18.4. The van der Waals surface area contributed by atoms with Gasteiger partial charge in [0, 0.05) is 11.1 Å². The molecule has 0 aliphatic heterocycles. The Kier molecular flexibility index (Phi) is 3.09. The van der Waals surface area contributed by atoms with Crippen molar-refractivity contribution in [3.05, 3.63) is 59.5 Å². The number of amides is 1. The maximum atomic E-state index is 13.3. The van der Waals surface area contributed by atoms with Crippen molar-refractivity contribution in [3.63, 3.8) is 0 Å². The van der Waals surface area contributed by atoms with Gasteiger partial charge in [0.05, 0.1) is 17.1 Å². The third kappa shape index (κ3) is 2.44. The van der Waals surface area contributed by atoms with E-state index in [9.17, 15) is 9.18 Å². The largest absolute Gasteiger partial charge is 0.321 e. The molecule has 0 aliphatic carbocycles. The number of aromatic nitrogens is 2. The van der Waals surface area contributed by atoms with Crippen molar-refractivity contribution >= 4 is 22.5 Å². The SMILES string of the molecule is N#Cc1ccc(NC(=O)c2n[nH]c3ccc(F)cc23)cc1. The molecule has 2 N–H and O–H groups in total. The van der Waals surface area contributed by atoms with Gasteiger partial charge >= 0.3 is 0 Å². The summed E-state index contributed by atoms with van der Waals surface area (Å²) in [5.41, 5.74) is 1.74. The Morgan fingerprint density at radius 2 is 2.00 bits per heavy atom. The van der Waals surface area contributed by atoms with Crippen molar-refractivity contribution in [2.45, 2.75) is 0 Å². The van der Waals surface area contributed by atoms with Gasteiger partial charge in [0.1, 0.15) is 5.82 Å². The number of hydrogen-bond acceptors (Lipinski definition) is 3. The van der Waals surface area contributed by atoms with Crippen molar-refractivity contribution in [2.75, 3.05) is 5.32 Å². The van der Waals surface area contributed by atoms with Gasteiger partial charge in [-0.2, -0.15) is 10.4 Å². The summed E-state index contributed by atoms with van der Waals surface area (Å²) in [4.78, 5) is 12.2. The van der Waals surface area contributed by atoms with E-state index in [1.807, 2.05) is 6.07 Å². The van der Waals surface area contributed by atoms with Crippen LogP contribution in [0.25, 0.3) is 10.9 Å². The molecule has 21 heavy (non-hydrogen) atoms. The molecule has 102 valence electrons. The number of hydrogen-bond donors (Lipinski definition) is 2. The van der Waals surface area contributed by atoms with Gasteiger partial charge in [0.15, 0.2) is 5.69 Å². The van der Waals surface area contributed by atoms with Crippen LogP contribution >= 0.6 is 0 Å². The minimum atomic E-state index is -0.448. The molecule has 0 saturated heterocycles. The summed E-state index contributed by atoms with van der Waals surface area (Å²) in [7, 11) is 0. The molecular weight excluding hydrogens is 271 g/mol. The number of halogens is 1. The maximum absolute atomic E-state index is 13.3. The van der Waals surface area contributed by atoms with Gasteiger partial charge in [-0.25, -0.2) is 4.39 Å². The third-order valence-electron chi connectivity index (χ3n) is 3.01. The molecule has 0 saturated carbocycles. The molecule has 1 aromatic heterocycles. The van der Waals surface area contributed by atoms with Gasteiger partial charge in [-0.15, -0.1) is 0 Å². The number of H-pyrrole nitrogens is 1. The molecule has 0 radical (unpaired) electrons. The number of carbonyl (C=O) groups is 1. The minimum Gasteiger partial charge on any atom is -0.321 e. The number of rotatable bonds is 2. The molecule has 1 heterocycles. The molecule has 0 fully saturated rings. The van der Waals surface area contributed by atoms with Crippen LogP contribution in [0.3, 0.4) is 0 Å². The normalized spacial score (nSPS) is 10.3. The lowest BCUT2D eigenvalue weighted by atomic mass is 10.2. The number of fused-ring (bicyclic) bond motifs is 1. The van der Waals surface area contributed by atoms with Gasteiger partial charge in [-0.1, -0.05) is 0 Å². The topological polar surface area (TPSA) is 81.6 Å². The van der Waals surface area contributed by atoms with Crippen LogP contribution in [0.15, 0.2) is 42.5 Å². The van der Waals surface area contributed by atoms with E-state index in [1.165, 1.54) is 18.2 Å². The number of nitrogens with zero attached hydrogens (tertiary/aromatic N) is 2. The highest BCUT2D eigenvalue weighted by molar-refractivity contribution is 6.11. The van der Waals surface area contributed by atoms with Crippen LogP contribution < -0.4 is 5.32 Å². The molecule has 0 spiro atoms. The highest BCUT2D eigenvalue weighted by Crippen LogP contribution is 2.18. The van der Waals surface area contributed by atoms with E-state index in [4.69, 9.17) is 5.26 Å². The maximum Gasteiger partial charge on any atom is 0.276 e. The van der Waals surface area contributed by atoms with Crippen LogP contribution in [0.4, 0.5) is 10.1 Å². The van der Waals surface area contributed by atoms with Crippen molar-refractivity contribution in [1.29, 1.82) is 5.26 Å². The Balaban J connectivity index is 1.90. The second kappa shape index (κ2) is 5.06. The molecule has 0 unspecified atom stereocenters. The Morgan fingerprint density at radius 3 is 2.71 bits per heavy atom. The molecule has 0 atom stereocenters. The van der Waals surface area contributed by atoms with Gasteiger partial charge in [0.2, 0.25) is 0 Å². The Hall–Kier alpha value is -3.20. The lowest BCUT2D eigenvalue weighted by Crippen LogP contribution is -2.12. The zero-order valence-corrected chi connectivity index (χ0v) is 10.7. The summed E-state index contributed by atoms with van der Waals surface area (Å²) in [5.74, 6) is -0.882. The number of anilines is 1. The van der Waals surface area contributed by atoms with E-state index >= 15 is 0 Å². The molecular formula is C15H9FN4O. The number of carbonyl (C=O) groups excluding carboxylic acids is 1. The van der Waals surface area contributed by atoms with Crippen LogP contribution in [-0.4, -0.2) is 16.1 Å². The van der Waals surface area contributed by atoms with E-state index in [2.05, 4.69) is 15.5 Å². The first-order valence-corrected chi connectivity index (χ1v) is 6.12. The molecule has 5 nitrogen and oxygen atoms in total. The summed E-state index contributed by atoms with van der Waals surface area (Å²) in [6.07, 6.45) is 0. The third-order valence-corrected chi connectivity index (χ3v) is 3.01. The van der Waals surface area contributed by atoms with Crippen molar-refractivity contribution in [3.8, 4) is 6.07 Å². The zero-order valence-electron chi connectivity index (χ0n) is 10.7. The zero-order chi connectivity index (χ0) is 14.8. The fourth-order valence-electron chi connectivity index (χ4n) is 1.98. The number of nitriles is 1.